The summed E-state index contributed by atoms with van der Waals surface area (Å²) >= 11 is 11.5. The van der Waals surface area contributed by atoms with Gasteiger partial charge in [0, 0.05) is 16.8 Å². The van der Waals surface area contributed by atoms with Gasteiger partial charge in [0.1, 0.15) is 11.6 Å². The van der Waals surface area contributed by atoms with Crippen molar-refractivity contribution in [3.8, 4) is 0 Å². The van der Waals surface area contributed by atoms with E-state index in [1.54, 1.807) is 13.0 Å². The van der Waals surface area contributed by atoms with Gasteiger partial charge in [0.05, 0.1) is 5.69 Å². The first kappa shape index (κ1) is 12.1. The molecule has 0 unspecified atom stereocenters. The second-order valence-corrected chi connectivity index (χ2v) is 4.19. The molecule has 2 aromatic rings. The van der Waals surface area contributed by atoms with Gasteiger partial charge in [-0.05, 0) is 36.7 Å². The van der Waals surface area contributed by atoms with E-state index in [1.807, 2.05) is 0 Å². The maximum atomic E-state index is 13.5. The summed E-state index contributed by atoms with van der Waals surface area (Å²) in [7, 11) is 0. The van der Waals surface area contributed by atoms with Gasteiger partial charge in [-0.1, -0.05) is 11.6 Å². The summed E-state index contributed by atoms with van der Waals surface area (Å²) in [6, 6.07) is 5.88. The largest absolute Gasteiger partial charge is 0.338 e. The molecule has 2 rings (SSSR count). The molecule has 0 saturated heterocycles. The Morgan fingerprint density at radius 2 is 1.94 bits per heavy atom. The number of aryl methyl sites for hydroxylation is 1. The summed E-state index contributed by atoms with van der Waals surface area (Å²) < 4.78 is 13.5. The van der Waals surface area contributed by atoms with E-state index in [-0.39, 0.29) is 11.0 Å². The zero-order valence-corrected chi connectivity index (χ0v) is 10.3. The molecule has 0 aliphatic rings. The molecule has 1 aromatic carbocycles. The lowest BCUT2D eigenvalue weighted by Gasteiger charge is -2.07. The Balaban J connectivity index is 2.34. The van der Waals surface area contributed by atoms with Gasteiger partial charge in [-0.2, -0.15) is 0 Å². The van der Waals surface area contributed by atoms with E-state index < -0.39 is 5.82 Å². The standard InChI is InChI=1S/C11H8Cl2FN3/c1-6-4-10(17-11(13)15-6)16-9-5-7(12)2-3-8(9)14/h2-5H,1H3,(H,15,16,17). The third-order valence-corrected chi connectivity index (χ3v) is 2.42. The highest BCUT2D eigenvalue weighted by Crippen LogP contribution is 2.23. The fourth-order valence-electron chi connectivity index (χ4n) is 1.33. The molecule has 17 heavy (non-hydrogen) atoms. The van der Waals surface area contributed by atoms with E-state index in [2.05, 4.69) is 15.3 Å². The molecule has 0 saturated carbocycles. The molecule has 1 aromatic heterocycles. The van der Waals surface area contributed by atoms with Gasteiger partial charge in [-0.25, -0.2) is 14.4 Å². The van der Waals surface area contributed by atoms with Gasteiger partial charge >= 0.3 is 0 Å². The molecule has 0 fully saturated rings. The molecule has 0 radical (unpaired) electrons. The molecule has 0 bridgehead atoms. The van der Waals surface area contributed by atoms with Crippen LogP contribution in [0.1, 0.15) is 5.69 Å². The quantitative estimate of drug-likeness (QED) is 0.840. The Morgan fingerprint density at radius 1 is 1.18 bits per heavy atom. The smallest absolute Gasteiger partial charge is 0.224 e. The monoisotopic (exact) mass is 271 g/mol. The van der Waals surface area contributed by atoms with Crippen LogP contribution in [-0.2, 0) is 0 Å². The zero-order valence-electron chi connectivity index (χ0n) is 8.84. The minimum atomic E-state index is -0.415. The first-order valence-electron chi connectivity index (χ1n) is 4.78. The summed E-state index contributed by atoms with van der Waals surface area (Å²) in [6.45, 7) is 1.77. The molecule has 0 aliphatic heterocycles. The molecule has 1 heterocycles. The predicted octanol–water partition coefficient (Wildman–Crippen LogP) is 3.97. The summed E-state index contributed by atoms with van der Waals surface area (Å²) in [6.07, 6.45) is 0. The number of nitrogens with zero attached hydrogens (tertiary/aromatic N) is 2. The summed E-state index contributed by atoms with van der Waals surface area (Å²) in [5.41, 5.74) is 0.932. The summed E-state index contributed by atoms with van der Waals surface area (Å²) in [4.78, 5) is 7.84. The highest BCUT2D eigenvalue weighted by molar-refractivity contribution is 6.30. The van der Waals surface area contributed by atoms with Gasteiger partial charge in [-0.15, -0.1) is 0 Å². The van der Waals surface area contributed by atoms with E-state index in [4.69, 9.17) is 23.2 Å². The van der Waals surface area contributed by atoms with Crippen molar-refractivity contribution in [2.45, 2.75) is 6.92 Å². The maximum Gasteiger partial charge on any atom is 0.224 e. The Kier molecular flexibility index (Phi) is 3.45. The molecule has 0 amide bonds. The van der Waals surface area contributed by atoms with Crippen molar-refractivity contribution >= 4 is 34.7 Å². The van der Waals surface area contributed by atoms with Crippen LogP contribution in [0.2, 0.25) is 10.3 Å². The number of nitrogens with one attached hydrogen (secondary N) is 1. The van der Waals surface area contributed by atoms with Crippen molar-refractivity contribution in [1.29, 1.82) is 0 Å². The average molecular weight is 272 g/mol. The van der Waals surface area contributed by atoms with Crippen LogP contribution >= 0.6 is 23.2 Å². The highest BCUT2D eigenvalue weighted by atomic mass is 35.5. The number of aromatic nitrogens is 2. The predicted molar refractivity (Wildman–Crippen MR) is 66.5 cm³/mol. The Labute approximate surface area is 108 Å². The fraction of sp³-hybridized carbons (Fsp3) is 0.0909. The van der Waals surface area contributed by atoms with E-state index >= 15 is 0 Å². The van der Waals surface area contributed by atoms with Crippen molar-refractivity contribution in [3.63, 3.8) is 0 Å². The number of hydrogen-bond acceptors (Lipinski definition) is 3. The van der Waals surface area contributed by atoms with Crippen LogP contribution in [0, 0.1) is 12.7 Å². The minimum absolute atomic E-state index is 0.106. The maximum absolute atomic E-state index is 13.5. The van der Waals surface area contributed by atoms with Crippen LogP contribution in [-0.4, -0.2) is 9.97 Å². The molecule has 0 atom stereocenters. The lowest BCUT2D eigenvalue weighted by molar-refractivity contribution is 0.632. The molecule has 1 N–H and O–H groups in total. The Morgan fingerprint density at radius 3 is 2.65 bits per heavy atom. The second-order valence-electron chi connectivity index (χ2n) is 3.41. The number of benzene rings is 1. The van der Waals surface area contributed by atoms with Crippen LogP contribution in [0.5, 0.6) is 0 Å². The molecular formula is C11H8Cl2FN3. The molecule has 3 nitrogen and oxygen atoms in total. The van der Waals surface area contributed by atoms with E-state index in [1.165, 1.54) is 18.2 Å². The fourth-order valence-corrected chi connectivity index (χ4v) is 1.72. The van der Waals surface area contributed by atoms with Gasteiger partial charge in [-0.3, -0.25) is 0 Å². The van der Waals surface area contributed by atoms with Crippen molar-refractivity contribution in [2.24, 2.45) is 0 Å². The lowest BCUT2D eigenvalue weighted by atomic mass is 10.3. The summed E-state index contributed by atoms with van der Waals surface area (Å²) in [5, 5.41) is 3.34. The van der Waals surface area contributed by atoms with Gasteiger partial charge < -0.3 is 5.32 Å². The Hall–Kier alpha value is -1.39. The van der Waals surface area contributed by atoms with Crippen molar-refractivity contribution < 1.29 is 4.39 Å². The third-order valence-electron chi connectivity index (χ3n) is 2.02. The first-order chi connectivity index (χ1) is 8.04. The normalized spacial score (nSPS) is 10.4. The second kappa shape index (κ2) is 4.85. The number of hydrogen-bond donors (Lipinski definition) is 1. The number of halogens is 3. The average Bonchev–Trinajstić information content (AvgIpc) is 2.22. The van der Waals surface area contributed by atoms with Gasteiger partial charge in [0.25, 0.3) is 0 Å². The molecule has 0 spiro atoms. The van der Waals surface area contributed by atoms with Crippen LogP contribution in [0.4, 0.5) is 15.9 Å². The van der Waals surface area contributed by atoms with E-state index in [9.17, 15) is 4.39 Å². The SMILES string of the molecule is Cc1cc(Nc2cc(Cl)ccc2F)nc(Cl)n1. The van der Waals surface area contributed by atoms with Crippen LogP contribution in [0.15, 0.2) is 24.3 Å². The van der Waals surface area contributed by atoms with E-state index in [0.29, 0.717) is 16.5 Å². The van der Waals surface area contributed by atoms with Crippen LogP contribution < -0.4 is 5.32 Å². The lowest BCUT2D eigenvalue weighted by Crippen LogP contribution is -1.98. The molecular weight excluding hydrogens is 264 g/mol. The molecule has 0 aliphatic carbocycles. The molecule has 6 heteroatoms. The van der Waals surface area contributed by atoms with Crippen LogP contribution in [0.25, 0.3) is 0 Å². The highest BCUT2D eigenvalue weighted by Gasteiger charge is 2.05. The van der Waals surface area contributed by atoms with Gasteiger partial charge in [0.15, 0.2) is 0 Å². The Bertz CT molecular complexity index is 540. The van der Waals surface area contributed by atoms with Gasteiger partial charge in [0.2, 0.25) is 5.28 Å². The number of rotatable bonds is 2. The van der Waals surface area contributed by atoms with Crippen molar-refractivity contribution in [3.05, 3.63) is 46.1 Å². The topological polar surface area (TPSA) is 37.8 Å². The van der Waals surface area contributed by atoms with Crippen molar-refractivity contribution in [2.75, 3.05) is 5.32 Å². The minimum Gasteiger partial charge on any atom is -0.338 e. The van der Waals surface area contributed by atoms with Crippen molar-refractivity contribution in [1.82, 2.24) is 9.97 Å². The van der Waals surface area contributed by atoms with E-state index in [0.717, 1.165) is 0 Å². The zero-order chi connectivity index (χ0) is 12.4. The first-order valence-corrected chi connectivity index (χ1v) is 5.53. The van der Waals surface area contributed by atoms with Crippen LogP contribution in [0.3, 0.4) is 0 Å². The molecule has 88 valence electrons. The number of anilines is 2. The summed E-state index contributed by atoms with van der Waals surface area (Å²) in [5.74, 6) is 0.00505. The third kappa shape index (κ3) is 3.05.